The van der Waals surface area contributed by atoms with Crippen molar-refractivity contribution in [1.82, 2.24) is 19.7 Å². The lowest BCUT2D eigenvalue weighted by molar-refractivity contribution is 0.599. The molecule has 7 nitrogen and oxygen atoms in total. The second kappa shape index (κ2) is 7.35. The number of hydrogen-bond donors (Lipinski definition) is 0. The molecule has 0 spiro atoms. The van der Waals surface area contributed by atoms with E-state index in [1.165, 1.54) is 4.68 Å². The van der Waals surface area contributed by atoms with Gasteiger partial charge in [-0.25, -0.2) is 9.67 Å². The summed E-state index contributed by atoms with van der Waals surface area (Å²) in [7, 11) is 0. The van der Waals surface area contributed by atoms with E-state index in [2.05, 4.69) is 24.9 Å². The first-order valence-corrected chi connectivity index (χ1v) is 8.67. The molecule has 2 aromatic heterocycles. The summed E-state index contributed by atoms with van der Waals surface area (Å²) < 4.78 is 1.53. The standard InChI is InChI=1S/C19H20N6O/c26-19-7-6-17(22-25(19)15-16-4-2-1-3-5-16)23-10-12-24(13-11-23)18-14-20-8-9-21-18/h1-9,14H,10-13,15H2. The zero-order chi connectivity index (χ0) is 17.8. The fourth-order valence-corrected chi connectivity index (χ4v) is 3.10. The van der Waals surface area contributed by atoms with E-state index >= 15 is 0 Å². The van der Waals surface area contributed by atoms with Gasteiger partial charge in [0.15, 0.2) is 0 Å². The van der Waals surface area contributed by atoms with Gasteiger partial charge < -0.3 is 9.80 Å². The van der Waals surface area contributed by atoms with E-state index < -0.39 is 0 Å². The van der Waals surface area contributed by atoms with Gasteiger partial charge in [0.1, 0.15) is 11.6 Å². The molecule has 1 aromatic carbocycles. The van der Waals surface area contributed by atoms with Crippen LogP contribution in [0.15, 0.2) is 65.8 Å². The van der Waals surface area contributed by atoms with Gasteiger partial charge in [0.25, 0.3) is 5.56 Å². The maximum absolute atomic E-state index is 12.2. The summed E-state index contributed by atoms with van der Waals surface area (Å²) in [4.78, 5) is 25.1. The van der Waals surface area contributed by atoms with Crippen LogP contribution < -0.4 is 15.4 Å². The number of piperazine rings is 1. The predicted molar refractivity (Wildman–Crippen MR) is 100 cm³/mol. The van der Waals surface area contributed by atoms with Crippen LogP contribution in [0, 0.1) is 0 Å². The maximum Gasteiger partial charge on any atom is 0.267 e. The molecule has 132 valence electrons. The highest BCUT2D eigenvalue weighted by molar-refractivity contribution is 5.43. The van der Waals surface area contributed by atoms with Crippen LogP contribution in [-0.4, -0.2) is 45.9 Å². The van der Waals surface area contributed by atoms with Crippen LogP contribution in [0.25, 0.3) is 0 Å². The van der Waals surface area contributed by atoms with E-state index in [-0.39, 0.29) is 5.56 Å². The van der Waals surface area contributed by atoms with Crippen LogP contribution in [-0.2, 0) is 6.54 Å². The first-order chi connectivity index (χ1) is 12.8. The summed E-state index contributed by atoms with van der Waals surface area (Å²) in [5.41, 5.74) is 0.975. The third-order valence-electron chi connectivity index (χ3n) is 4.50. The fraction of sp³-hybridized carbons (Fsp3) is 0.263. The molecule has 7 heteroatoms. The van der Waals surface area contributed by atoms with E-state index in [1.807, 2.05) is 36.4 Å². The summed E-state index contributed by atoms with van der Waals surface area (Å²) >= 11 is 0. The number of rotatable bonds is 4. The van der Waals surface area contributed by atoms with Gasteiger partial charge in [-0.05, 0) is 11.6 Å². The first-order valence-electron chi connectivity index (χ1n) is 8.67. The smallest absolute Gasteiger partial charge is 0.267 e. The Balaban J connectivity index is 1.47. The average molecular weight is 348 g/mol. The molecular formula is C19H20N6O. The van der Waals surface area contributed by atoms with Crippen molar-refractivity contribution in [3.05, 3.63) is 77.0 Å². The van der Waals surface area contributed by atoms with Crippen molar-refractivity contribution in [3.63, 3.8) is 0 Å². The van der Waals surface area contributed by atoms with Crippen LogP contribution in [0.4, 0.5) is 11.6 Å². The molecule has 0 N–H and O–H groups in total. The number of hydrogen-bond acceptors (Lipinski definition) is 6. The van der Waals surface area contributed by atoms with Gasteiger partial charge in [-0.3, -0.25) is 9.78 Å². The Labute approximate surface area is 151 Å². The van der Waals surface area contributed by atoms with Gasteiger partial charge in [-0.2, -0.15) is 5.10 Å². The summed E-state index contributed by atoms with van der Waals surface area (Å²) in [6.45, 7) is 3.82. The Hall–Kier alpha value is -3.22. The van der Waals surface area contributed by atoms with Crippen LogP contribution in [0.2, 0.25) is 0 Å². The van der Waals surface area contributed by atoms with Crippen molar-refractivity contribution < 1.29 is 0 Å². The van der Waals surface area contributed by atoms with E-state index in [0.717, 1.165) is 43.4 Å². The summed E-state index contributed by atoms with van der Waals surface area (Å²) in [6.07, 6.45) is 5.18. The van der Waals surface area contributed by atoms with Crippen molar-refractivity contribution in [1.29, 1.82) is 0 Å². The lowest BCUT2D eigenvalue weighted by Crippen LogP contribution is -2.47. The largest absolute Gasteiger partial charge is 0.352 e. The molecule has 26 heavy (non-hydrogen) atoms. The first kappa shape index (κ1) is 16.3. The zero-order valence-electron chi connectivity index (χ0n) is 14.4. The van der Waals surface area contributed by atoms with E-state index in [1.54, 1.807) is 24.7 Å². The molecule has 3 heterocycles. The quantitative estimate of drug-likeness (QED) is 0.710. The van der Waals surface area contributed by atoms with Gasteiger partial charge in [0.2, 0.25) is 0 Å². The normalized spacial score (nSPS) is 14.5. The number of anilines is 2. The molecule has 1 saturated heterocycles. The molecule has 0 atom stereocenters. The average Bonchev–Trinajstić information content (AvgIpc) is 2.71. The Morgan fingerprint density at radius 3 is 2.27 bits per heavy atom. The number of benzene rings is 1. The Morgan fingerprint density at radius 1 is 0.846 bits per heavy atom. The molecule has 0 radical (unpaired) electrons. The van der Waals surface area contributed by atoms with Crippen molar-refractivity contribution in [2.24, 2.45) is 0 Å². The number of aromatic nitrogens is 4. The van der Waals surface area contributed by atoms with Gasteiger partial charge in [0, 0.05) is 44.6 Å². The molecular weight excluding hydrogens is 328 g/mol. The minimum Gasteiger partial charge on any atom is -0.352 e. The molecule has 0 amide bonds. The zero-order valence-corrected chi connectivity index (χ0v) is 14.4. The lowest BCUT2D eigenvalue weighted by atomic mass is 10.2. The molecule has 1 aliphatic rings. The molecule has 1 aliphatic heterocycles. The van der Waals surface area contributed by atoms with Crippen LogP contribution in [0.3, 0.4) is 0 Å². The molecule has 0 saturated carbocycles. The van der Waals surface area contributed by atoms with E-state index in [9.17, 15) is 4.79 Å². The van der Waals surface area contributed by atoms with Crippen molar-refractivity contribution in [3.8, 4) is 0 Å². The monoisotopic (exact) mass is 348 g/mol. The van der Waals surface area contributed by atoms with Gasteiger partial charge in [0.05, 0.1) is 12.7 Å². The summed E-state index contributed by atoms with van der Waals surface area (Å²) in [5, 5.41) is 4.57. The van der Waals surface area contributed by atoms with Crippen molar-refractivity contribution in [2.75, 3.05) is 36.0 Å². The molecule has 4 rings (SSSR count). The van der Waals surface area contributed by atoms with Crippen LogP contribution in [0.5, 0.6) is 0 Å². The maximum atomic E-state index is 12.2. The highest BCUT2D eigenvalue weighted by Gasteiger charge is 2.19. The Morgan fingerprint density at radius 2 is 1.58 bits per heavy atom. The van der Waals surface area contributed by atoms with Gasteiger partial charge in [-0.1, -0.05) is 30.3 Å². The number of nitrogens with zero attached hydrogens (tertiary/aromatic N) is 6. The third-order valence-corrected chi connectivity index (χ3v) is 4.50. The topological polar surface area (TPSA) is 67.2 Å². The lowest BCUT2D eigenvalue weighted by Gasteiger charge is -2.35. The minimum atomic E-state index is -0.0872. The highest BCUT2D eigenvalue weighted by Crippen LogP contribution is 2.16. The van der Waals surface area contributed by atoms with Crippen molar-refractivity contribution >= 4 is 11.6 Å². The Kier molecular flexibility index (Phi) is 4.59. The summed E-state index contributed by atoms with van der Waals surface area (Å²) in [5.74, 6) is 1.73. The fourth-order valence-electron chi connectivity index (χ4n) is 3.10. The second-order valence-electron chi connectivity index (χ2n) is 6.21. The van der Waals surface area contributed by atoms with E-state index in [0.29, 0.717) is 6.54 Å². The van der Waals surface area contributed by atoms with Crippen LogP contribution in [0.1, 0.15) is 5.56 Å². The second-order valence-corrected chi connectivity index (χ2v) is 6.21. The van der Waals surface area contributed by atoms with Crippen LogP contribution >= 0.6 is 0 Å². The minimum absolute atomic E-state index is 0.0872. The molecule has 0 unspecified atom stereocenters. The highest BCUT2D eigenvalue weighted by atomic mass is 16.1. The van der Waals surface area contributed by atoms with Gasteiger partial charge in [-0.15, -0.1) is 0 Å². The SMILES string of the molecule is O=c1ccc(N2CCN(c3cnccn3)CC2)nn1Cc1ccccc1. The summed E-state index contributed by atoms with van der Waals surface area (Å²) in [6, 6.07) is 13.3. The Bertz CT molecular complexity index is 904. The van der Waals surface area contributed by atoms with Crippen molar-refractivity contribution in [2.45, 2.75) is 6.54 Å². The third kappa shape index (κ3) is 3.56. The molecule has 0 aliphatic carbocycles. The molecule has 1 fully saturated rings. The van der Waals surface area contributed by atoms with Gasteiger partial charge >= 0.3 is 0 Å². The van der Waals surface area contributed by atoms with E-state index in [4.69, 9.17) is 0 Å². The predicted octanol–water partition coefficient (Wildman–Crippen LogP) is 1.41. The molecule has 0 bridgehead atoms. The molecule has 3 aromatic rings.